The Labute approximate surface area is 340 Å². The Morgan fingerprint density at radius 1 is 1.02 bits per heavy atom. The molecule has 3 aliphatic rings. The normalized spacial score (nSPS) is 20.2. The predicted molar refractivity (Wildman–Crippen MR) is 208 cm³/mol. The second-order valence-electron chi connectivity index (χ2n) is 17.0. The highest BCUT2D eigenvalue weighted by atomic mass is 32.1. The van der Waals surface area contributed by atoms with Crippen molar-refractivity contribution in [3.8, 4) is 23.2 Å². The van der Waals surface area contributed by atoms with E-state index in [0.717, 1.165) is 18.6 Å². The van der Waals surface area contributed by atoms with Crippen molar-refractivity contribution in [2.24, 2.45) is 0 Å². The van der Waals surface area contributed by atoms with Gasteiger partial charge in [-0.25, -0.2) is 22.8 Å². The average Bonchev–Trinajstić information content (AvgIpc) is 3.79. The van der Waals surface area contributed by atoms with Crippen LogP contribution in [0, 0.1) is 23.0 Å². The first-order chi connectivity index (χ1) is 27.6. The summed E-state index contributed by atoms with van der Waals surface area (Å²) in [5.41, 5.74) is -6.32. The summed E-state index contributed by atoms with van der Waals surface area (Å²) in [6.45, 7) is 11.1. The maximum Gasteiger partial charge on any atom is 0.417 e. The van der Waals surface area contributed by atoms with Crippen LogP contribution in [0.1, 0.15) is 71.9 Å². The zero-order valence-corrected chi connectivity index (χ0v) is 34.1. The Balaban J connectivity index is 1.38. The van der Waals surface area contributed by atoms with E-state index in [9.17, 15) is 19.2 Å². The van der Waals surface area contributed by atoms with Crippen molar-refractivity contribution in [2.75, 3.05) is 56.1 Å². The topological polar surface area (TPSA) is 133 Å². The van der Waals surface area contributed by atoms with Gasteiger partial charge in [0.05, 0.1) is 21.4 Å². The fraction of sp³-hybridized carbons (Fsp3) is 0.525. The molecular formula is C40H43F6N7O5S. The van der Waals surface area contributed by atoms with Crippen LogP contribution in [-0.2, 0) is 15.7 Å². The highest BCUT2D eigenvalue weighted by Crippen LogP contribution is 2.49. The van der Waals surface area contributed by atoms with E-state index in [0.29, 0.717) is 30.4 Å². The van der Waals surface area contributed by atoms with Crippen molar-refractivity contribution in [2.45, 2.75) is 89.9 Å². The zero-order chi connectivity index (χ0) is 42.8. The molecule has 4 aromatic rings. The Hall–Kier alpha value is -5.09. The van der Waals surface area contributed by atoms with Crippen LogP contribution in [-0.4, -0.2) is 101 Å². The standard InChI is InChI=1S/C40H43F6N7O5S/c1-37(2,3)57-35(54)50-33-24(18-47)27-22(8-9-26(42)31(27)59-33)28-25(40(44,45)46)16-23-30(29(28)43)48-34(56-20-39-10-7-11-53(39)19-21(41)17-39)49-32(23)51-12-14-52(15-13-51)36(55)58-38(4,5)6/h8-9,16,21H,7,10-15,17,19-20H2,1-6H3,(H,50,54)/t21-,39+/m1/s1. The van der Waals surface area contributed by atoms with Crippen molar-refractivity contribution in [1.82, 2.24) is 19.8 Å². The summed E-state index contributed by atoms with van der Waals surface area (Å²) in [4.78, 5) is 39.4. The number of carbonyl (C=O) groups excluding carboxylic acids is 2. The number of nitrogens with one attached hydrogen (secondary N) is 1. The molecule has 2 amide bonds. The van der Waals surface area contributed by atoms with E-state index in [2.05, 4.69) is 15.3 Å². The molecular weight excluding hydrogens is 805 g/mol. The highest BCUT2D eigenvalue weighted by molar-refractivity contribution is 7.23. The zero-order valence-electron chi connectivity index (χ0n) is 33.3. The minimum atomic E-state index is -5.20. The number of hydrogen-bond acceptors (Lipinski definition) is 11. The number of fused-ring (bicyclic) bond motifs is 3. The van der Waals surface area contributed by atoms with Crippen LogP contribution in [0.4, 0.5) is 46.8 Å². The number of nitriles is 1. The van der Waals surface area contributed by atoms with Crippen LogP contribution in [0.25, 0.3) is 32.1 Å². The van der Waals surface area contributed by atoms with Gasteiger partial charge in [-0.2, -0.15) is 28.4 Å². The molecule has 0 saturated carbocycles. The van der Waals surface area contributed by atoms with Gasteiger partial charge in [0, 0.05) is 55.5 Å². The first-order valence-electron chi connectivity index (χ1n) is 19.1. The molecule has 0 aliphatic carbocycles. The number of anilines is 2. The number of aromatic nitrogens is 2. The number of nitrogens with zero attached hydrogens (tertiary/aromatic N) is 6. The number of amides is 2. The van der Waals surface area contributed by atoms with Gasteiger partial charge >= 0.3 is 24.4 Å². The number of alkyl halides is 4. The number of benzene rings is 2. The number of ether oxygens (including phenoxy) is 3. The molecule has 19 heteroatoms. The van der Waals surface area contributed by atoms with Crippen molar-refractivity contribution in [3.05, 3.63) is 41.0 Å². The molecule has 3 saturated heterocycles. The molecule has 3 aliphatic heterocycles. The number of hydrogen-bond donors (Lipinski definition) is 1. The van der Waals surface area contributed by atoms with Crippen molar-refractivity contribution in [3.63, 3.8) is 0 Å². The summed E-state index contributed by atoms with van der Waals surface area (Å²) in [6, 6.07) is 3.98. The van der Waals surface area contributed by atoms with Gasteiger partial charge in [0.15, 0.2) is 5.82 Å². The van der Waals surface area contributed by atoms with Crippen molar-refractivity contribution < 1.29 is 50.1 Å². The largest absolute Gasteiger partial charge is 0.461 e. The van der Waals surface area contributed by atoms with E-state index in [1.807, 2.05) is 11.0 Å². The summed E-state index contributed by atoms with van der Waals surface area (Å²) in [7, 11) is 0. The Morgan fingerprint density at radius 2 is 1.71 bits per heavy atom. The predicted octanol–water partition coefficient (Wildman–Crippen LogP) is 9.04. The second-order valence-corrected chi connectivity index (χ2v) is 18.0. The summed E-state index contributed by atoms with van der Waals surface area (Å²) in [5.74, 6) is -2.47. The molecule has 1 N–H and O–H groups in total. The summed E-state index contributed by atoms with van der Waals surface area (Å²) in [5, 5.41) is 11.7. The maximum absolute atomic E-state index is 17.4. The van der Waals surface area contributed by atoms with Crippen LogP contribution < -0.4 is 15.0 Å². The van der Waals surface area contributed by atoms with Crippen LogP contribution in [0.15, 0.2) is 18.2 Å². The van der Waals surface area contributed by atoms with Gasteiger partial charge in [0.1, 0.15) is 52.2 Å². The fourth-order valence-electron chi connectivity index (χ4n) is 8.03. The third kappa shape index (κ3) is 8.38. The van der Waals surface area contributed by atoms with Gasteiger partial charge in [0.2, 0.25) is 0 Å². The van der Waals surface area contributed by atoms with E-state index in [4.69, 9.17) is 14.2 Å². The molecule has 0 bridgehead atoms. The molecule has 2 aromatic heterocycles. The van der Waals surface area contributed by atoms with E-state index in [1.165, 1.54) is 4.90 Å². The van der Waals surface area contributed by atoms with Gasteiger partial charge in [-0.15, -0.1) is 11.3 Å². The molecule has 2 aromatic carbocycles. The summed E-state index contributed by atoms with van der Waals surface area (Å²) >= 11 is 0.582. The minimum absolute atomic E-state index is 0.0632. The van der Waals surface area contributed by atoms with E-state index < -0.39 is 80.7 Å². The van der Waals surface area contributed by atoms with Crippen LogP contribution in [0.3, 0.4) is 0 Å². The van der Waals surface area contributed by atoms with E-state index in [-0.39, 0.29) is 78.1 Å². The Bertz CT molecular complexity index is 2360. The maximum atomic E-state index is 17.4. The lowest BCUT2D eigenvalue weighted by Crippen LogP contribution is -2.50. The third-order valence-electron chi connectivity index (χ3n) is 10.4. The lowest BCUT2D eigenvalue weighted by Gasteiger charge is -2.36. The van der Waals surface area contributed by atoms with Crippen molar-refractivity contribution >= 4 is 55.3 Å². The average molecular weight is 848 g/mol. The highest BCUT2D eigenvalue weighted by Gasteiger charge is 2.49. The molecule has 5 heterocycles. The molecule has 7 rings (SSSR count). The van der Waals surface area contributed by atoms with Gasteiger partial charge in [-0.05, 0) is 78.6 Å². The Kier molecular flexibility index (Phi) is 10.8. The number of carbonyl (C=O) groups is 2. The van der Waals surface area contributed by atoms with Crippen LogP contribution in [0.5, 0.6) is 6.01 Å². The molecule has 12 nitrogen and oxygen atoms in total. The van der Waals surface area contributed by atoms with Gasteiger partial charge < -0.3 is 24.0 Å². The molecule has 0 unspecified atom stereocenters. The Morgan fingerprint density at radius 3 is 2.36 bits per heavy atom. The van der Waals surface area contributed by atoms with E-state index >= 15 is 22.0 Å². The van der Waals surface area contributed by atoms with Gasteiger partial charge in [-0.1, -0.05) is 6.07 Å². The summed E-state index contributed by atoms with van der Waals surface area (Å²) < 4.78 is 110. The SMILES string of the molecule is CC(C)(C)OC(=O)Nc1sc2c(F)ccc(-c3c(C(F)(F)F)cc4c(N5CCN(C(=O)OC(C)(C)C)CC5)nc(OC[C@@]56CCCN5C[C@H](F)C6)nc4c3F)c2c1C#N. The number of thiophene rings is 1. The molecule has 59 heavy (non-hydrogen) atoms. The lowest BCUT2D eigenvalue weighted by atomic mass is 9.92. The number of piperazine rings is 1. The van der Waals surface area contributed by atoms with Gasteiger partial charge in [0.25, 0.3) is 0 Å². The molecule has 316 valence electrons. The van der Waals surface area contributed by atoms with Gasteiger partial charge in [-0.3, -0.25) is 10.2 Å². The first-order valence-corrected chi connectivity index (χ1v) is 19.9. The van der Waals surface area contributed by atoms with Crippen LogP contribution >= 0.6 is 11.3 Å². The minimum Gasteiger partial charge on any atom is -0.461 e. The number of halogens is 6. The molecule has 2 atom stereocenters. The molecule has 0 spiro atoms. The lowest BCUT2D eigenvalue weighted by molar-refractivity contribution is -0.137. The second kappa shape index (κ2) is 15.2. The summed E-state index contributed by atoms with van der Waals surface area (Å²) in [6.07, 6.45) is -6.25. The first kappa shape index (κ1) is 42.0. The quantitative estimate of drug-likeness (QED) is 0.188. The molecule has 0 radical (unpaired) electrons. The number of rotatable bonds is 6. The smallest absolute Gasteiger partial charge is 0.417 e. The van der Waals surface area contributed by atoms with Crippen molar-refractivity contribution in [1.29, 1.82) is 5.26 Å². The van der Waals surface area contributed by atoms with Crippen LogP contribution in [0.2, 0.25) is 0 Å². The third-order valence-corrected chi connectivity index (χ3v) is 11.6. The monoisotopic (exact) mass is 847 g/mol. The van der Waals surface area contributed by atoms with E-state index in [1.54, 1.807) is 46.4 Å². The molecule has 3 fully saturated rings. The fourth-order valence-corrected chi connectivity index (χ4v) is 9.10.